The van der Waals surface area contributed by atoms with Crippen LogP contribution in [0.25, 0.3) is 0 Å². The highest BCUT2D eigenvalue weighted by atomic mass is 16.8. The number of fused-ring (bicyclic) bond motifs is 2. The van der Waals surface area contributed by atoms with E-state index < -0.39 is 112 Å². The molecule has 6 fully saturated rings. The number of ether oxygens (including phenoxy) is 5. The zero-order valence-corrected chi connectivity index (χ0v) is 28.4. The molecule has 0 aromatic carbocycles. The summed E-state index contributed by atoms with van der Waals surface area (Å²) in [6, 6.07) is 1.61. The standard InChI is InChI=1S/C35H44O14/c1-8-16(2)26(39)30(41)47-28-27(45-15-36)24(17(3)35(43)22(38)11-20(33(28,35)7)19-9-10-44-14-19)32(6)21-12-31(5)48-29(40)25(21)34(42,49-31)13-23(32)46-18(4)37/h9-10,14-16,20-21,23-28,39,42-43H,3,8,11-13H2,1-2,4-7H3/t16-,20+,21-,23+,24-,25-,26-,27-,28+,31+,32-,33-,34-,35-/m1/s1. The number of furan rings is 1. The maximum atomic E-state index is 14.3. The normalized spacial score (nSPS) is 45.2. The summed E-state index contributed by atoms with van der Waals surface area (Å²) in [6.07, 6.45) is -3.47. The van der Waals surface area contributed by atoms with E-state index in [1.165, 1.54) is 26.4 Å². The van der Waals surface area contributed by atoms with Crippen LogP contribution in [0, 0.1) is 34.5 Å². The molecule has 3 saturated carbocycles. The zero-order valence-electron chi connectivity index (χ0n) is 28.4. The number of aliphatic hydroxyl groups excluding tert-OH is 1. The van der Waals surface area contributed by atoms with Gasteiger partial charge in [0.15, 0.2) is 23.3 Å². The van der Waals surface area contributed by atoms with E-state index >= 15 is 0 Å². The number of carbonyl (C=O) groups excluding carboxylic acids is 5. The van der Waals surface area contributed by atoms with Crippen molar-refractivity contribution in [2.75, 3.05) is 0 Å². The number of esters is 3. The van der Waals surface area contributed by atoms with Gasteiger partial charge in [-0.25, -0.2) is 4.79 Å². The van der Waals surface area contributed by atoms with E-state index in [2.05, 4.69) is 6.58 Å². The van der Waals surface area contributed by atoms with Crippen LogP contribution in [0.3, 0.4) is 0 Å². The van der Waals surface area contributed by atoms with Gasteiger partial charge in [0.1, 0.15) is 24.2 Å². The molecule has 1 aromatic rings. The average molecular weight is 689 g/mol. The van der Waals surface area contributed by atoms with E-state index in [1.807, 2.05) is 0 Å². The van der Waals surface area contributed by atoms with Gasteiger partial charge in [-0.2, -0.15) is 0 Å². The first-order valence-electron chi connectivity index (χ1n) is 16.6. The minimum atomic E-state index is -2.44. The van der Waals surface area contributed by atoms with Crippen LogP contribution in [0.1, 0.15) is 78.7 Å². The van der Waals surface area contributed by atoms with Gasteiger partial charge >= 0.3 is 17.9 Å². The molecule has 4 heterocycles. The van der Waals surface area contributed by atoms with Crippen molar-refractivity contribution in [3.8, 4) is 0 Å². The minimum absolute atomic E-state index is 0.0178. The van der Waals surface area contributed by atoms with Crippen LogP contribution >= 0.6 is 0 Å². The van der Waals surface area contributed by atoms with Crippen molar-refractivity contribution >= 4 is 30.2 Å². The highest BCUT2D eigenvalue weighted by molar-refractivity contribution is 5.96. The SMILES string of the molecule is C=C1[C@@H]([C@@]2(C)[C@@H](OC(C)=O)C[C@@]3(O)O[C@@]4(C)C[C@@H]2[C@@H]3C(=O)O4)[C@@H](OC=O)[C@H](OC(=O)[C@H](O)[C@H](C)CC)[C@@]2(C)[C@H](c3ccoc3)CC(=O)[C@]12O. The molecule has 3 aliphatic heterocycles. The predicted octanol–water partition coefficient (Wildman–Crippen LogP) is 2.08. The predicted molar refractivity (Wildman–Crippen MR) is 163 cm³/mol. The summed E-state index contributed by atoms with van der Waals surface area (Å²) < 4.78 is 34.6. The van der Waals surface area contributed by atoms with Crippen molar-refractivity contribution in [2.24, 2.45) is 34.5 Å². The van der Waals surface area contributed by atoms with E-state index in [0.29, 0.717) is 12.0 Å². The molecular formula is C35H44O14. The Balaban J connectivity index is 1.59. The molecular weight excluding hydrogens is 644 g/mol. The number of hydrogen-bond acceptors (Lipinski definition) is 14. The molecule has 1 aromatic heterocycles. The summed E-state index contributed by atoms with van der Waals surface area (Å²) in [5, 5.41) is 35.6. The Morgan fingerprint density at radius 1 is 1.14 bits per heavy atom. The largest absolute Gasteiger partial charge is 0.472 e. The van der Waals surface area contributed by atoms with E-state index in [-0.39, 0.29) is 24.9 Å². The lowest BCUT2D eigenvalue weighted by atomic mass is 9.43. The molecule has 268 valence electrons. The fraction of sp³-hybridized carbons (Fsp3) is 0.686. The zero-order chi connectivity index (χ0) is 36.1. The molecule has 14 atom stereocenters. The molecule has 7 rings (SSSR count). The quantitative estimate of drug-likeness (QED) is 0.147. The summed E-state index contributed by atoms with van der Waals surface area (Å²) in [5.74, 6) is -11.9. The van der Waals surface area contributed by atoms with Crippen molar-refractivity contribution in [2.45, 2.75) is 115 Å². The van der Waals surface area contributed by atoms with Crippen LogP contribution in [0.4, 0.5) is 0 Å². The molecule has 4 bridgehead atoms. The lowest BCUT2D eigenvalue weighted by Crippen LogP contribution is -2.77. The Kier molecular flexibility index (Phi) is 8.25. The molecule has 3 N–H and O–H groups in total. The third kappa shape index (κ3) is 4.70. The summed E-state index contributed by atoms with van der Waals surface area (Å²) in [4.78, 5) is 66.5. The van der Waals surface area contributed by atoms with Gasteiger partial charge in [-0.3, -0.25) is 19.2 Å². The average Bonchev–Trinajstić information content (AvgIpc) is 3.62. The van der Waals surface area contributed by atoms with Crippen LogP contribution < -0.4 is 0 Å². The van der Waals surface area contributed by atoms with Crippen molar-refractivity contribution < 1.29 is 67.4 Å². The van der Waals surface area contributed by atoms with Crippen LogP contribution in [0.15, 0.2) is 35.2 Å². The first-order valence-corrected chi connectivity index (χ1v) is 16.6. The van der Waals surface area contributed by atoms with E-state index in [1.54, 1.807) is 26.8 Å². The van der Waals surface area contributed by atoms with Gasteiger partial charge in [0.05, 0.1) is 17.9 Å². The smallest absolute Gasteiger partial charge is 0.335 e. The van der Waals surface area contributed by atoms with E-state index in [0.717, 1.165) is 6.92 Å². The third-order valence-corrected chi connectivity index (χ3v) is 12.6. The molecule has 3 aliphatic carbocycles. The number of ketones is 1. The van der Waals surface area contributed by atoms with E-state index in [9.17, 15) is 39.3 Å². The highest BCUT2D eigenvalue weighted by Gasteiger charge is 2.80. The van der Waals surface area contributed by atoms with Crippen molar-refractivity contribution in [1.82, 2.24) is 0 Å². The molecule has 14 nitrogen and oxygen atoms in total. The fourth-order valence-corrected chi connectivity index (χ4v) is 9.96. The Labute approximate surface area is 283 Å². The molecule has 0 spiro atoms. The minimum Gasteiger partial charge on any atom is -0.472 e. The monoisotopic (exact) mass is 688 g/mol. The lowest BCUT2D eigenvalue weighted by molar-refractivity contribution is -0.441. The van der Waals surface area contributed by atoms with Crippen LogP contribution in [0.2, 0.25) is 0 Å². The molecule has 49 heavy (non-hydrogen) atoms. The first kappa shape index (κ1) is 35.2. The molecule has 3 saturated heterocycles. The third-order valence-electron chi connectivity index (χ3n) is 12.6. The van der Waals surface area contributed by atoms with Crippen LogP contribution in [-0.2, 0) is 47.7 Å². The second kappa shape index (κ2) is 11.5. The number of Topliss-reactive ketones (excluding diaryl/α,β-unsaturated/α-hetero) is 1. The summed E-state index contributed by atoms with van der Waals surface area (Å²) in [7, 11) is 0. The maximum Gasteiger partial charge on any atom is 0.335 e. The number of aliphatic hydroxyl groups is 3. The summed E-state index contributed by atoms with van der Waals surface area (Å²) >= 11 is 0. The number of carbonyl (C=O) groups is 5. The van der Waals surface area contributed by atoms with Gasteiger partial charge in [0.25, 0.3) is 6.47 Å². The number of hydrogen-bond donors (Lipinski definition) is 3. The van der Waals surface area contributed by atoms with Gasteiger partial charge < -0.3 is 43.4 Å². The van der Waals surface area contributed by atoms with Gasteiger partial charge in [0.2, 0.25) is 5.79 Å². The Hall–Kier alpha value is -3.59. The van der Waals surface area contributed by atoms with Gasteiger partial charge in [-0.1, -0.05) is 40.7 Å². The van der Waals surface area contributed by atoms with Gasteiger partial charge in [0, 0.05) is 50.4 Å². The molecule has 0 amide bonds. The first-order chi connectivity index (χ1) is 22.8. The van der Waals surface area contributed by atoms with Crippen molar-refractivity contribution in [1.29, 1.82) is 0 Å². The summed E-state index contributed by atoms with van der Waals surface area (Å²) in [6.45, 7) is 13.7. The van der Waals surface area contributed by atoms with Gasteiger partial charge in [-0.15, -0.1) is 0 Å². The molecule has 0 unspecified atom stereocenters. The fourth-order valence-electron chi connectivity index (χ4n) is 9.96. The topological polar surface area (TPSA) is 205 Å². The Morgan fingerprint density at radius 3 is 2.41 bits per heavy atom. The lowest BCUT2D eigenvalue weighted by Gasteiger charge is -2.68. The second-order valence-electron chi connectivity index (χ2n) is 15.1. The van der Waals surface area contributed by atoms with Gasteiger partial charge in [-0.05, 0) is 29.0 Å². The molecule has 14 heteroatoms. The summed E-state index contributed by atoms with van der Waals surface area (Å²) in [5.41, 5.74) is -5.35. The Morgan fingerprint density at radius 2 is 1.84 bits per heavy atom. The maximum absolute atomic E-state index is 14.3. The molecule has 0 radical (unpaired) electrons. The van der Waals surface area contributed by atoms with Crippen molar-refractivity contribution in [3.63, 3.8) is 0 Å². The van der Waals surface area contributed by atoms with Crippen LogP contribution in [-0.4, -0.2) is 87.1 Å². The number of rotatable bonds is 9. The van der Waals surface area contributed by atoms with Crippen LogP contribution in [0.5, 0.6) is 0 Å². The molecule has 6 aliphatic rings. The second-order valence-corrected chi connectivity index (χ2v) is 15.1. The highest BCUT2D eigenvalue weighted by Crippen LogP contribution is 2.71. The van der Waals surface area contributed by atoms with Crippen molar-refractivity contribution in [3.05, 3.63) is 36.3 Å². The Bertz CT molecular complexity index is 1570. The van der Waals surface area contributed by atoms with E-state index in [4.69, 9.17) is 28.1 Å².